The lowest BCUT2D eigenvalue weighted by atomic mass is 9.45. The monoisotopic (exact) mass is 316 g/mol. The number of carboxylic acids is 1. The maximum atomic E-state index is 12.5. The molecule has 0 bridgehead atoms. The number of carboxylic acid groups (broad SMARTS) is 1. The molecule has 0 radical (unpaired) electrons. The summed E-state index contributed by atoms with van der Waals surface area (Å²) in [6, 6.07) is 6.71. The van der Waals surface area contributed by atoms with Crippen LogP contribution in [-0.2, 0) is 20.8 Å². The van der Waals surface area contributed by atoms with Gasteiger partial charge in [-0.05, 0) is 48.8 Å². The van der Waals surface area contributed by atoms with Gasteiger partial charge in [0, 0.05) is 5.69 Å². The van der Waals surface area contributed by atoms with Crippen LogP contribution in [-0.4, -0.2) is 22.9 Å². The average Bonchev–Trinajstić information content (AvgIpc) is 2.37. The first-order chi connectivity index (χ1) is 10.9. The lowest BCUT2D eigenvalue weighted by Crippen LogP contribution is -2.59. The number of benzene rings is 1. The van der Waals surface area contributed by atoms with Crippen LogP contribution in [0.25, 0.3) is 0 Å². The number of nitrogens with two attached hydrogens (primary N) is 1. The van der Waals surface area contributed by atoms with E-state index in [2.05, 4.69) is 5.32 Å². The minimum Gasteiger partial charge on any atom is -0.480 e. The van der Waals surface area contributed by atoms with Crippen molar-refractivity contribution in [2.45, 2.75) is 38.5 Å². The molecule has 2 aliphatic carbocycles. The van der Waals surface area contributed by atoms with Crippen LogP contribution in [0.15, 0.2) is 24.3 Å². The molecule has 1 spiro atoms. The quantitative estimate of drug-likeness (QED) is 0.718. The summed E-state index contributed by atoms with van der Waals surface area (Å²) in [6.45, 7) is 0. The molecule has 2 fully saturated rings. The second-order valence-electron chi connectivity index (χ2n) is 6.89. The molecule has 2 saturated carbocycles. The highest BCUT2D eigenvalue weighted by atomic mass is 16.4. The number of carbonyl (C=O) groups is 3. The topological polar surface area (TPSA) is 109 Å². The van der Waals surface area contributed by atoms with Crippen molar-refractivity contribution in [3.8, 4) is 0 Å². The molecule has 0 aliphatic heterocycles. The Bertz CT molecular complexity index is 654. The Morgan fingerprint density at radius 3 is 2.17 bits per heavy atom. The molecule has 3 rings (SSSR count). The molecule has 0 unspecified atom stereocenters. The summed E-state index contributed by atoms with van der Waals surface area (Å²) in [6.07, 6.45) is 4.17. The van der Waals surface area contributed by atoms with Gasteiger partial charge in [-0.1, -0.05) is 18.6 Å². The van der Waals surface area contributed by atoms with E-state index in [1.807, 2.05) is 0 Å². The van der Waals surface area contributed by atoms with E-state index in [-0.39, 0.29) is 11.8 Å². The van der Waals surface area contributed by atoms with Gasteiger partial charge in [0.05, 0.1) is 6.42 Å². The number of carbonyl (C=O) groups excluding carboxylic acids is 2. The van der Waals surface area contributed by atoms with Crippen LogP contribution in [0, 0.1) is 10.8 Å². The average molecular weight is 316 g/mol. The molecule has 1 aromatic carbocycles. The molecule has 4 N–H and O–H groups in total. The highest BCUT2D eigenvalue weighted by molar-refractivity contribution is 6.09. The van der Waals surface area contributed by atoms with Gasteiger partial charge < -0.3 is 16.2 Å². The van der Waals surface area contributed by atoms with Gasteiger partial charge in [-0.25, -0.2) is 0 Å². The van der Waals surface area contributed by atoms with Crippen molar-refractivity contribution >= 4 is 23.5 Å². The zero-order valence-corrected chi connectivity index (χ0v) is 12.8. The van der Waals surface area contributed by atoms with Gasteiger partial charge in [-0.15, -0.1) is 0 Å². The van der Waals surface area contributed by atoms with Gasteiger partial charge in [-0.2, -0.15) is 0 Å². The summed E-state index contributed by atoms with van der Waals surface area (Å²) in [5, 5.41) is 12.2. The number of aliphatic carboxylic acids is 1. The van der Waals surface area contributed by atoms with Crippen LogP contribution < -0.4 is 11.1 Å². The van der Waals surface area contributed by atoms with Crippen molar-refractivity contribution in [1.29, 1.82) is 0 Å². The standard InChI is InChI=1S/C17H20N2O4/c18-13(20)8-11-2-4-12(5-3-11)19-14(21)17(15(22)23)9-16(10-17)6-1-7-16/h2-5H,1,6-10H2,(H2,18,20)(H,19,21)(H,22,23). The summed E-state index contributed by atoms with van der Waals surface area (Å²) < 4.78 is 0. The SMILES string of the molecule is NC(=O)Cc1ccc(NC(=O)C2(C(=O)O)CC3(CCC3)C2)cc1. The second-order valence-corrected chi connectivity index (χ2v) is 6.89. The smallest absolute Gasteiger partial charge is 0.319 e. The Morgan fingerprint density at radius 2 is 1.74 bits per heavy atom. The first-order valence-corrected chi connectivity index (χ1v) is 7.77. The van der Waals surface area contributed by atoms with E-state index in [0.29, 0.717) is 18.5 Å². The van der Waals surface area contributed by atoms with E-state index < -0.39 is 23.2 Å². The van der Waals surface area contributed by atoms with Crippen LogP contribution in [0.1, 0.15) is 37.7 Å². The molecule has 0 atom stereocenters. The number of anilines is 1. The van der Waals surface area contributed by atoms with Crippen LogP contribution in [0.4, 0.5) is 5.69 Å². The zero-order valence-electron chi connectivity index (χ0n) is 12.8. The summed E-state index contributed by atoms with van der Waals surface area (Å²) in [7, 11) is 0. The summed E-state index contributed by atoms with van der Waals surface area (Å²) in [5.74, 6) is -1.92. The molecular formula is C17H20N2O4. The molecule has 6 heteroatoms. The van der Waals surface area contributed by atoms with Crippen molar-refractivity contribution in [1.82, 2.24) is 0 Å². The first-order valence-electron chi connectivity index (χ1n) is 7.77. The van der Waals surface area contributed by atoms with Gasteiger partial charge in [0.15, 0.2) is 0 Å². The predicted molar refractivity (Wildman–Crippen MR) is 83.6 cm³/mol. The third-order valence-electron chi connectivity index (χ3n) is 5.20. The Balaban J connectivity index is 1.68. The molecule has 6 nitrogen and oxygen atoms in total. The van der Waals surface area contributed by atoms with Crippen molar-refractivity contribution in [2.75, 3.05) is 5.32 Å². The Kier molecular flexibility index (Phi) is 3.62. The minimum absolute atomic E-state index is 0.0844. The fourth-order valence-electron chi connectivity index (χ4n) is 3.83. The van der Waals surface area contributed by atoms with Crippen molar-refractivity contribution in [3.63, 3.8) is 0 Å². The van der Waals surface area contributed by atoms with Crippen molar-refractivity contribution < 1.29 is 19.5 Å². The van der Waals surface area contributed by atoms with Gasteiger partial charge in [0.1, 0.15) is 5.41 Å². The Morgan fingerprint density at radius 1 is 1.13 bits per heavy atom. The van der Waals surface area contributed by atoms with E-state index in [0.717, 1.165) is 24.8 Å². The van der Waals surface area contributed by atoms with Gasteiger partial charge >= 0.3 is 5.97 Å². The molecule has 2 amide bonds. The lowest BCUT2D eigenvalue weighted by Gasteiger charge is -2.58. The molecule has 0 heterocycles. The van der Waals surface area contributed by atoms with Crippen molar-refractivity contribution in [3.05, 3.63) is 29.8 Å². The van der Waals surface area contributed by atoms with Crippen LogP contribution in [0.5, 0.6) is 0 Å². The fourth-order valence-corrected chi connectivity index (χ4v) is 3.83. The predicted octanol–water partition coefficient (Wildman–Crippen LogP) is 1.69. The fraction of sp³-hybridized carbons (Fsp3) is 0.471. The third kappa shape index (κ3) is 2.69. The van der Waals surface area contributed by atoms with Gasteiger partial charge in [-0.3, -0.25) is 14.4 Å². The highest BCUT2D eigenvalue weighted by Gasteiger charge is 2.64. The zero-order chi connectivity index (χ0) is 16.7. The van der Waals surface area contributed by atoms with Crippen LogP contribution >= 0.6 is 0 Å². The lowest BCUT2D eigenvalue weighted by molar-refractivity contribution is -0.178. The van der Waals surface area contributed by atoms with E-state index in [1.54, 1.807) is 24.3 Å². The number of rotatable bonds is 5. The van der Waals surface area contributed by atoms with Crippen molar-refractivity contribution in [2.24, 2.45) is 16.6 Å². The van der Waals surface area contributed by atoms with Gasteiger partial charge in [0.25, 0.3) is 0 Å². The van der Waals surface area contributed by atoms with E-state index in [4.69, 9.17) is 5.73 Å². The third-order valence-corrected chi connectivity index (χ3v) is 5.20. The molecule has 122 valence electrons. The largest absolute Gasteiger partial charge is 0.480 e. The molecule has 1 aromatic rings. The molecule has 23 heavy (non-hydrogen) atoms. The van der Waals surface area contributed by atoms with Crippen LogP contribution in [0.3, 0.4) is 0 Å². The number of nitrogens with one attached hydrogen (secondary N) is 1. The maximum Gasteiger partial charge on any atom is 0.319 e. The second kappa shape index (κ2) is 5.37. The Labute approximate surface area is 134 Å². The van der Waals surface area contributed by atoms with E-state index in [1.165, 1.54) is 0 Å². The van der Waals surface area contributed by atoms with Crippen LogP contribution in [0.2, 0.25) is 0 Å². The summed E-state index contributed by atoms with van der Waals surface area (Å²) in [5.41, 5.74) is 5.19. The minimum atomic E-state index is -1.30. The number of hydrogen-bond donors (Lipinski definition) is 3. The maximum absolute atomic E-state index is 12.5. The van der Waals surface area contributed by atoms with E-state index in [9.17, 15) is 19.5 Å². The van der Waals surface area contributed by atoms with E-state index >= 15 is 0 Å². The number of amides is 2. The molecule has 0 saturated heterocycles. The summed E-state index contributed by atoms with van der Waals surface area (Å²) in [4.78, 5) is 35.0. The Hall–Kier alpha value is -2.37. The molecule has 2 aliphatic rings. The normalized spacial score (nSPS) is 20.2. The number of hydrogen-bond acceptors (Lipinski definition) is 3. The summed E-state index contributed by atoms with van der Waals surface area (Å²) >= 11 is 0. The number of primary amides is 1. The highest BCUT2D eigenvalue weighted by Crippen LogP contribution is 2.64. The molecular weight excluding hydrogens is 296 g/mol. The first kappa shape index (κ1) is 15.5. The van der Waals surface area contributed by atoms with Gasteiger partial charge in [0.2, 0.25) is 11.8 Å². The molecule has 0 aromatic heterocycles.